The molecule has 0 spiro atoms. The number of hydrogen-bond acceptors (Lipinski definition) is 3. The van der Waals surface area contributed by atoms with Crippen LogP contribution in [0.4, 0.5) is 9.18 Å². The van der Waals surface area contributed by atoms with Crippen LogP contribution in [0.2, 0.25) is 0 Å². The Kier molecular flexibility index (Phi) is 7.63. The van der Waals surface area contributed by atoms with E-state index in [1.54, 1.807) is 6.07 Å². The molecule has 2 aromatic rings. The van der Waals surface area contributed by atoms with Crippen LogP contribution in [0.5, 0.6) is 0 Å². The number of hydrogen-bond donors (Lipinski definition) is 2. The number of likely N-dealkylation sites (tertiary alicyclic amines) is 1. The maximum absolute atomic E-state index is 15.1. The molecule has 1 aliphatic rings. The first-order chi connectivity index (χ1) is 14.9. The van der Waals surface area contributed by atoms with Crippen LogP contribution in [0, 0.1) is 18.7 Å². The van der Waals surface area contributed by atoms with Crippen molar-refractivity contribution in [1.29, 1.82) is 0 Å². The Labute approximate surface area is 182 Å². The topological polar surface area (TPSA) is 78.9 Å². The van der Waals surface area contributed by atoms with Gasteiger partial charge in [-0.25, -0.2) is 9.18 Å². The van der Waals surface area contributed by atoms with Crippen LogP contribution in [0.15, 0.2) is 42.5 Å². The van der Waals surface area contributed by atoms with Crippen LogP contribution in [0.1, 0.15) is 37.0 Å². The first kappa shape index (κ1) is 22.7. The third kappa shape index (κ3) is 5.82. The molecule has 6 nitrogen and oxygen atoms in total. The summed E-state index contributed by atoms with van der Waals surface area (Å²) in [5.41, 5.74) is 2.95. The number of carbonyl (C=O) groups excluding carboxylic acids is 1. The van der Waals surface area contributed by atoms with Crippen molar-refractivity contribution in [1.82, 2.24) is 10.2 Å². The molecule has 1 aliphatic heterocycles. The summed E-state index contributed by atoms with van der Waals surface area (Å²) in [5.74, 6) is -0.613. The SMILES string of the molecule is CC(=O)NCCOC(c1cccc(F)c1-c1cccc(C)c1)C1CCCN(C(=O)O)C1. The third-order valence-electron chi connectivity index (χ3n) is 5.59. The first-order valence-corrected chi connectivity index (χ1v) is 10.6. The minimum atomic E-state index is -0.958. The highest BCUT2D eigenvalue weighted by Gasteiger charge is 2.33. The second kappa shape index (κ2) is 10.4. The molecule has 0 saturated carbocycles. The fourth-order valence-corrected chi connectivity index (χ4v) is 4.21. The molecule has 2 atom stereocenters. The van der Waals surface area contributed by atoms with Crippen molar-refractivity contribution < 1.29 is 23.8 Å². The molecular formula is C24H29FN2O4. The maximum Gasteiger partial charge on any atom is 0.407 e. The zero-order valence-corrected chi connectivity index (χ0v) is 17.9. The van der Waals surface area contributed by atoms with Gasteiger partial charge in [0.25, 0.3) is 0 Å². The average Bonchev–Trinajstić information content (AvgIpc) is 2.73. The van der Waals surface area contributed by atoms with Crippen molar-refractivity contribution in [2.75, 3.05) is 26.2 Å². The number of aryl methyl sites for hydroxylation is 1. The van der Waals surface area contributed by atoms with Crippen molar-refractivity contribution in [3.63, 3.8) is 0 Å². The lowest BCUT2D eigenvalue weighted by molar-refractivity contribution is -0.119. The minimum absolute atomic E-state index is 0.118. The summed E-state index contributed by atoms with van der Waals surface area (Å²) in [5, 5.41) is 12.2. The smallest absolute Gasteiger partial charge is 0.407 e. The summed E-state index contributed by atoms with van der Waals surface area (Å²) in [7, 11) is 0. The van der Waals surface area contributed by atoms with E-state index in [0.29, 0.717) is 30.8 Å². The van der Waals surface area contributed by atoms with E-state index < -0.39 is 12.2 Å². The lowest BCUT2D eigenvalue weighted by atomic mass is 9.84. The van der Waals surface area contributed by atoms with Gasteiger partial charge in [0, 0.05) is 38.0 Å². The van der Waals surface area contributed by atoms with Crippen LogP contribution in [0.3, 0.4) is 0 Å². The van der Waals surface area contributed by atoms with Crippen LogP contribution in [0.25, 0.3) is 11.1 Å². The maximum atomic E-state index is 15.1. The van der Waals surface area contributed by atoms with Gasteiger partial charge in [-0.2, -0.15) is 0 Å². The normalized spacial score (nSPS) is 17.3. The number of rotatable bonds is 7. The molecule has 0 aromatic heterocycles. The van der Waals surface area contributed by atoms with Crippen molar-refractivity contribution in [3.8, 4) is 11.1 Å². The van der Waals surface area contributed by atoms with E-state index in [1.165, 1.54) is 17.9 Å². The molecule has 1 heterocycles. The molecule has 31 heavy (non-hydrogen) atoms. The van der Waals surface area contributed by atoms with E-state index in [9.17, 15) is 14.7 Å². The van der Waals surface area contributed by atoms with Crippen LogP contribution >= 0.6 is 0 Å². The predicted octanol–water partition coefficient (Wildman–Crippen LogP) is 4.38. The number of halogens is 1. The highest BCUT2D eigenvalue weighted by molar-refractivity contribution is 5.72. The first-order valence-electron chi connectivity index (χ1n) is 10.6. The van der Waals surface area contributed by atoms with Crippen molar-refractivity contribution in [2.45, 2.75) is 32.8 Å². The standard InChI is InChI=1S/C24H29FN2O4/c1-16-6-3-7-18(14-16)22-20(9-4-10-21(22)25)23(31-13-11-26-17(2)28)19-8-5-12-27(15-19)24(29)30/h3-4,6-7,9-10,14,19,23H,5,8,11-13,15H2,1-2H3,(H,26,28)(H,29,30). The molecule has 2 unspecified atom stereocenters. The number of nitrogens with one attached hydrogen (secondary N) is 1. The molecule has 1 saturated heterocycles. The van der Waals surface area contributed by atoms with Crippen molar-refractivity contribution >= 4 is 12.0 Å². The van der Waals surface area contributed by atoms with E-state index in [4.69, 9.17) is 4.74 Å². The van der Waals surface area contributed by atoms with E-state index in [1.807, 2.05) is 37.3 Å². The Balaban J connectivity index is 1.97. The fraction of sp³-hybridized carbons (Fsp3) is 0.417. The highest BCUT2D eigenvalue weighted by Crippen LogP contribution is 2.39. The lowest BCUT2D eigenvalue weighted by Gasteiger charge is -2.36. The summed E-state index contributed by atoms with van der Waals surface area (Å²) < 4.78 is 21.3. The summed E-state index contributed by atoms with van der Waals surface area (Å²) >= 11 is 0. The van der Waals surface area contributed by atoms with Gasteiger partial charge in [0.05, 0.1) is 12.7 Å². The molecule has 1 fully saturated rings. The van der Waals surface area contributed by atoms with Gasteiger partial charge in [-0.05, 0) is 37.0 Å². The van der Waals surface area contributed by atoms with Gasteiger partial charge < -0.3 is 20.1 Å². The van der Waals surface area contributed by atoms with E-state index in [0.717, 1.165) is 24.0 Å². The molecule has 7 heteroatoms. The summed E-state index contributed by atoms with van der Waals surface area (Å²) in [4.78, 5) is 24.2. The fourth-order valence-electron chi connectivity index (χ4n) is 4.21. The number of amides is 2. The number of benzene rings is 2. The Morgan fingerprint density at radius 1 is 1.29 bits per heavy atom. The van der Waals surface area contributed by atoms with Gasteiger partial charge in [-0.1, -0.05) is 42.0 Å². The molecule has 2 aromatic carbocycles. The van der Waals surface area contributed by atoms with Crippen LogP contribution in [-0.2, 0) is 9.53 Å². The highest BCUT2D eigenvalue weighted by atomic mass is 19.1. The third-order valence-corrected chi connectivity index (χ3v) is 5.59. The second-order valence-electron chi connectivity index (χ2n) is 7.98. The van der Waals surface area contributed by atoms with Crippen LogP contribution < -0.4 is 5.32 Å². The Hall–Kier alpha value is -2.93. The van der Waals surface area contributed by atoms with Crippen LogP contribution in [-0.4, -0.2) is 48.2 Å². The molecule has 0 radical (unpaired) electrons. The van der Waals surface area contributed by atoms with Gasteiger partial charge in [-0.3, -0.25) is 4.79 Å². The van der Waals surface area contributed by atoms with E-state index in [2.05, 4.69) is 5.32 Å². The summed E-state index contributed by atoms with van der Waals surface area (Å²) in [6, 6.07) is 12.6. The molecule has 0 bridgehead atoms. The Morgan fingerprint density at radius 3 is 2.77 bits per heavy atom. The Bertz CT molecular complexity index is 934. The van der Waals surface area contributed by atoms with Gasteiger partial charge in [-0.15, -0.1) is 0 Å². The summed E-state index contributed by atoms with van der Waals surface area (Å²) in [6.07, 6.45) is 0.0395. The number of ether oxygens (including phenoxy) is 1. The van der Waals surface area contributed by atoms with Crippen molar-refractivity contribution in [2.24, 2.45) is 5.92 Å². The molecule has 0 aliphatic carbocycles. The zero-order chi connectivity index (χ0) is 22.4. The Morgan fingerprint density at radius 2 is 2.06 bits per heavy atom. The number of carbonyl (C=O) groups is 2. The quantitative estimate of drug-likeness (QED) is 0.642. The van der Waals surface area contributed by atoms with E-state index in [-0.39, 0.29) is 24.2 Å². The number of piperidine rings is 1. The van der Waals surface area contributed by atoms with Gasteiger partial charge >= 0.3 is 6.09 Å². The zero-order valence-electron chi connectivity index (χ0n) is 17.9. The molecule has 2 N–H and O–H groups in total. The van der Waals surface area contributed by atoms with Gasteiger partial charge in [0.1, 0.15) is 5.82 Å². The molecular weight excluding hydrogens is 399 g/mol. The largest absolute Gasteiger partial charge is 0.465 e. The van der Waals surface area contributed by atoms with E-state index >= 15 is 4.39 Å². The predicted molar refractivity (Wildman–Crippen MR) is 116 cm³/mol. The summed E-state index contributed by atoms with van der Waals surface area (Å²) in [6.45, 7) is 4.78. The second-order valence-corrected chi connectivity index (χ2v) is 7.98. The number of nitrogens with zero attached hydrogens (tertiary/aromatic N) is 1. The van der Waals surface area contributed by atoms with Gasteiger partial charge in [0.15, 0.2) is 0 Å². The minimum Gasteiger partial charge on any atom is -0.465 e. The lowest BCUT2D eigenvalue weighted by Crippen LogP contribution is -2.41. The van der Waals surface area contributed by atoms with Gasteiger partial charge in [0.2, 0.25) is 5.91 Å². The van der Waals surface area contributed by atoms with Crippen molar-refractivity contribution in [3.05, 3.63) is 59.4 Å². The monoisotopic (exact) mass is 428 g/mol. The molecule has 166 valence electrons. The molecule has 3 rings (SSSR count). The number of carboxylic acid groups (broad SMARTS) is 1. The average molecular weight is 429 g/mol. The molecule has 2 amide bonds.